The van der Waals surface area contributed by atoms with Gasteiger partial charge in [0.1, 0.15) is 0 Å². The fourth-order valence-electron chi connectivity index (χ4n) is 4.65. The van der Waals surface area contributed by atoms with Crippen molar-refractivity contribution in [1.82, 2.24) is 9.97 Å². The summed E-state index contributed by atoms with van der Waals surface area (Å²) in [6.07, 6.45) is 0. The highest BCUT2D eigenvalue weighted by molar-refractivity contribution is 6.62. The van der Waals surface area contributed by atoms with E-state index in [0.717, 1.165) is 50.1 Å². The Morgan fingerprint density at radius 2 is 1.08 bits per heavy atom. The van der Waals surface area contributed by atoms with Gasteiger partial charge < -0.3 is 9.31 Å². The molecule has 0 N–H and O–H groups in total. The lowest BCUT2D eigenvalue weighted by Gasteiger charge is -2.32. The Morgan fingerprint density at radius 3 is 1.73 bits per heavy atom. The second-order valence-corrected chi connectivity index (χ2v) is 10.6. The van der Waals surface area contributed by atoms with Crippen molar-refractivity contribution in [1.29, 1.82) is 0 Å². The van der Waals surface area contributed by atoms with E-state index in [1.54, 1.807) is 0 Å². The van der Waals surface area contributed by atoms with Crippen molar-refractivity contribution < 1.29 is 9.31 Å². The maximum atomic E-state index is 6.20. The van der Waals surface area contributed by atoms with Crippen LogP contribution in [0.3, 0.4) is 0 Å². The van der Waals surface area contributed by atoms with Crippen molar-refractivity contribution >= 4 is 23.5 Å². The van der Waals surface area contributed by atoms with Gasteiger partial charge >= 0.3 is 7.12 Å². The molecule has 2 heterocycles. The first-order chi connectivity index (χ1) is 17.8. The van der Waals surface area contributed by atoms with Crippen LogP contribution >= 0.6 is 0 Å². The normalized spacial score (nSPS) is 16.3. The molecule has 37 heavy (non-hydrogen) atoms. The Balaban J connectivity index is 1.29. The average Bonchev–Trinajstić information content (AvgIpc) is 3.15. The van der Waals surface area contributed by atoms with E-state index in [1.807, 2.05) is 36.4 Å². The lowest BCUT2D eigenvalue weighted by molar-refractivity contribution is 0.00578. The molecule has 0 spiro atoms. The molecule has 0 atom stereocenters. The summed E-state index contributed by atoms with van der Waals surface area (Å²) in [7, 11) is -0.356. The Morgan fingerprint density at radius 1 is 0.541 bits per heavy atom. The van der Waals surface area contributed by atoms with E-state index < -0.39 is 0 Å². The first-order valence-corrected chi connectivity index (χ1v) is 12.7. The molecular weight excluding hydrogens is 455 g/mol. The van der Waals surface area contributed by atoms with Crippen LogP contribution in [0.4, 0.5) is 0 Å². The average molecular weight is 484 g/mol. The van der Waals surface area contributed by atoms with Gasteiger partial charge in [-0.1, -0.05) is 97.1 Å². The number of rotatable bonds is 4. The monoisotopic (exact) mass is 484 g/mol. The number of benzene rings is 4. The molecule has 0 bridgehead atoms. The van der Waals surface area contributed by atoms with Gasteiger partial charge in [-0.3, -0.25) is 0 Å². The number of para-hydroxylation sites is 1. The summed E-state index contributed by atoms with van der Waals surface area (Å²) in [5.41, 5.74) is 6.55. The molecule has 1 aliphatic heterocycles. The molecule has 0 aliphatic carbocycles. The second-order valence-electron chi connectivity index (χ2n) is 10.6. The van der Waals surface area contributed by atoms with Crippen LogP contribution in [0.1, 0.15) is 27.7 Å². The molecule has 1 saturated heterocycles. The standard InChI is InChI=1S/C32H29BN2O2/c1-31(2)32(3,4)37-33(36-31)26-20-18-23(19-21-26)22-14-16-25(17-15-22)30-34-28-13-9-8-12-27(28)29(35-30)24-10-6-5-7-11-24/h5-21H,1-4H3. The SMILES string of the molecule is CC1(C)OB(c2ccc(-c3ccc(-c4nc(-c5ccccc5)c5ccccc5n4)cc3)cc2)OC1(C)C. The summed E-state index contributed by atoms with van der Waals surface area (Å²) in [5, 5.41) is 1.05. The molecule has 1 aromatic heterocycles. The predicted molar refractivity (Wildman–Crippen MR) is 152 cm³/mol. The molecule has 0 unspecified atom stereocenters. The van der Waals surface area contributed by atoms with E-state index in [2.05, 4.69) is 94.4 Å². The summed E-state index contributed by atoms with van der Waals surface area (Å²) in [6.45, 7) is 8.30. The lowest BCUT2D eigenvalue weighted by atomic mass is 9.78. The zero-order valence-electron chi connectivity index (χ0n) is 21.6. The zero-order chi connectivity index (χ0) is 25.6. The fourth-order valence-corrected chi connectivity index (χ4v) is 4.65. The molecule has 6 rings (SSSR count). The lowest BCUT2D eigenvalue weighted by Crippen LogP contribution is -2.41. The van der Waals surface area contributed by atoms with Crippen LogP contribution in [-0.4, -0.2) is 28.3 Å². The van der Waals surface area contributed by atoms with Crippen molar-refractivity contribution in [3.8, 4) is 33.8 Å². The molecular formula is C32H29BN2O2. The van der Waals surface area contributed by atoms with E-state index in [-0.39, 0.29) is 18.3 Å². The van der Waals surface area contributed by atoms with E-state index in [0.29, 0.717) is 0 Å². The smallest absolute Gasteiger partial charge is 0.399 e. The summed E-state index contributed by atoms with van der Waals surface area (Å²) < 4.78 is 12.4. The van der Waals surface area contributed by atoms with Crippen LogP contribution in [-0.2, 0) is 9.31 Å². The summed E-state index contributed by atoms with van der Waals surface area (Å²) >= 11 is 0. The Hall–Kier alpha value is -3.80. The fraction of sp³-hybridized carbons (Fsp3) is 0.188. The molecule has 0 radical (unpaired) electrons. The maximum absolute atomic E-state index is 6.20. The van der Waals surface area contributed by atoms with Crippen LogP contribution in [0.5, 0.6) is 0 Å². The van der Waals surface area contributed by atoms with E-state index in [4.69, 9.17) is 19.3 Å². The third-order valence-corrected chi connectivity index (χ3v) is 7.56. The molecule has 182 valence electrons. The topological polar surface area (TPSA) is 44.2 Å². The first-order valence-electron chi connectivity index (χ1n) is 12.7. The number of hydrogen-bond acceptors (Lipinski definition) is 4. The molecule has 4 nitrogen and oxygen atoms in total. The molecule has 1 fully saturated rings. The largest absolute Gasteiger partial charge is 0.494 e. The van der Waals surface area contributed by atoms with Crippen LogP contribution in [0.25, 0.3) is 44.7 Å². The number of hydrogen-bond donors (Lipinski definition) is 0. The van der Waals surface area contributed by atoms with Crippen LogP contribution in [0.2, 0.25) is 0 Å². The summed E-state index contributed by atoms with van der Waals surface area (Å²) in [5.74, 6) is 0.722. The van der Waals surface area contributed by atoms with Crippen LogP contribution in [0.15, 0.2) is 103 Å². The third-order valence-electron chi connectivity index (χ3n) is 7.56. The molecule has 1 aliphatic rings. The van der Waals surface area contributed by atoms with Gasteiger partial charge in [0.05, 0.1) is 22.4 Å². The minimum absolute atomic E-state index is 0.350. The quantitative estimate of drug-likeness (QED) is 0.260. The zero-order valence-corrected chi connectivity index (χ0v) is 21.6. The van der Waals surface area contributed by atoms with Crippen molar-refractivity contribution in [2.24, 2.45) is 0 Å². The van der Waals surface area contributed by atoms with Crippen LogP contribution < -0.4 is 5.46 Å². The van der Waals surface area contributed by atoms with Gasteiger partial charge in [-0.25, -0.2) is 9.97 Å². The van der Waals surface area contributed by atoms with Gasteiger partial charge in [0.25, 0.3) is 0 Å². The van der Waals surface area contributed by atoms with Crippen molar-refractivity contribution in [3.63, 3.8) is 0 Å². The number of aromatic nitrogens is 2. The minimum Gasteiger partial charge on any atom is -0.399 e. The second kappa shape index (κ2) is 8.95. The van der Waals surface area contributed by atoms with Gasteiger partial charge in [0.15, 0.2) is 5.82 Å². The van der Waals surface area contributed by atoms with Crippen molar-refractivity contribution in [3.05, 3.63) is 103 Å². The number of fused-ring (bicyclic) bond motifs is 1. The van der Waals surface area contributed by atoms with Gasteiger partial charge in [-0.2, -0.15) is 0 Å². The molecule has 0 saturated carbocycles. The van der Waals surface area contributed by atoms with Gasteiger partial charge in [0.2, 0.25) is 0 Å². The van der Waals surface area contributed by atoms with Crippen molar-refractivity contribution in [2.45, 2.75) is 38.9 Å². The van der Waals surface area contributed by atoms with Crippen LogP contribution in [0, 0.1) is 0 Å². The first kappa shape index (κ1) is 23.6. The molecule has 5 heteroatoms. The Labute approximate surface area is 218 Å². The van der Waals surface area contributed by atoms with Gasteiger partial charge in [0, 0.05) is 16.5 Å². The van der Waals surface area contributed by atoms with E-state index >= 15 is 0 Å². The van der Waals surface area contributed by atoms with E-state index in [1.165, 1.54) is 0 Å². The third kappa shape index (κ3) is 4.35. The van der Waals surface area contributed by atoms with Gasteiger partial charge in [-0.15, -0.1) is 0 Å². The Bertz CT molecular complexity index is 1550. The summed E-state index contributed by atoms with van der Waals surface area (Å²) in [4.78, 5) is 9.86. The highest BCUT2D eigenvalue weighted by Crippen LogP contribution is 2.36. The Kier molecular flexibility index (Phi) is 5.71. The van der Waals surface area contributed by atoms with Crippen molar-refractivity contribution in [2.75, 3.05) is 0 Å². The predicted octanol–water partition coefficient (Wildman–Crippen LogP) is 6.93. The molecule has 5 aromatic rings. The van der Waals surface area contributed by atoms with Gasteiger partial charge in [-0.05, 0) is 50.4 Å². The minimum atomic E-state index is -0.356. The number of nitrogens with zero attached hydrogens (tertiary/aromatic N) is 2. The summed E-state index contributed by atoms with van der Waals surface area (Å²) in [6, 6.07) is 35.3. The molecule has 0 amide bonds. The highest BCUT2D eigenvalue weighted by atomic mass is 16.7. The van der Waals surface area contributed by atoms with E-state index in [9.17, 15) is 0 Å². The highest BCUT2D eigenvalue weighted by Gasteiger charge is 2.51. The molecule has 4 aromatic carbocycles. The maximum Gasteiger partial charge on any atom is 0.494 e.